The molecule has 0 amide bonds. The van der Waals surface area contributed by atoms with E-state index in [1.165, 1.54) is 12.1 Å². The van der Waals surface area contributed by atoms with Crippen LogP contribution in [0.2, 0.25) is 0 Å². The number of rotatable bonds is 2. The van der Waals surface area contributed by atoms with E-state index in [4.69, 9.17) is 0 Å². The summed E-state index contributed by atoms with van der Waals surface area (Å²) in [5.41, 5.74) is -0.659. The monoisotopic (exact) mass is 249 g/mol. The summed E-state index contributed by atoms with van der Waals surface area (Å²) in [4.78, 5) is 0. The summed E-state index contributed by atoms with van der Waals surface area (Å²) in [6, 6.07) is 7.69. The largest absolute Gasteiger partial charge is 0.434 e. The van der Waals surface area contributed by atoms with Gasteiger partial charge in [-0.25, -0.2) is 4.40 Å². The van der Waals surface area contributed by atoms with Gasteiger partial charge in [0.25, 0.3) is 0 Å². The first-order chi connectivity index (χ1) is 7.20. The minimum atomic E-state index is -4.40. The quantitative estimate of drug-likeness (QED) is 0.709. The summed E-state index contributed by atoms with van der Waals surface area (Å²) in [6.45, 7) is 0. The molecule has 0 saturated carbocycles. The molecular formula is C11H14F3NS. The molecule has 1 aromatic carbocycles. The average Bonchev–Trinajstić information content (AvgIpc) is 2.13. The number of hydrogen-bond acceptors (Lipinski definition) is 1. The fourth-order valence-electron chi connectivity index (χ4n) is 1.14. The molecule has 0 fully saturated rings. The summed E-state index contributed by atoms with van der Waals surface area (Å²) in [7, 11) is -1.59. The third-order valence-electron chi connectivity index (χ3n) is 1.68. The van der Waals surface area contributed by atoms with Gasteiger partial charge in [0.1, 0.15) is 0 Å². The van der Waals surface area contributed by atoms with Gasteiger partial charge in [-0.3, -0.25) is 0 Å². The Morgan fingerprint density at radius 3 is 1.94 bits per heavy atom. The van der Waals surface area contributed by atoms with Crippen molar-refractivity contribution in [3.8, 4) is 0 Å². The van der Waals surface area contributed by atoms with Gasteiger partial charge in [0.2, 0.25) is 0 Å². The third kappa shape index (κ3) is 3.89. The second kappa shape index (κ2) is 4.49. The Balaban J connectivity index is 3.24. The maximum absolute atomic E-state index is 12.8. The second-order valence-electron chi connectivity index (χ2n) is 4.08. The van der Waals surface area contributed by atoms with E-state index in [1.807, 2.05) is 0 Å². The highest BCUT2D eigenvalue weighted by molar-refractivity contribution is 8.31. The Hall–Kier alpha value is -0.970. The van der Waals surface area contributed by atoms with Crippen molar-refractivity contribution in [1.29, 1.82) is 0 Å². The lowest BCUT2D eigenvalue weighted by Crippen LogP contribution is -2.24. The molecular weight excluding hydrogens is 235 g/mol. The van der Waals surface area contributed by atoms with Gasteiger partial charge in [0.05, 0.1) is 0 Å². The van der Waals surface area contributed by atoms with Crippen LogP contribution < -0.4 is 0 Å². The predicted octanol–water partition coefficient (Wildman–Crippen LogP) is 3.65. The molecule has 0 atom stereocenters. The highest BCUT2D eigenvalue weighted by atomic mass is 32.3. The Bertz CT molecular complexity index is 376. The summed E-state index contributed by atoms with van der Waals surface area (Å²) in [6.07, 6.45) is 0.771. The average molecular weight is 249 g/mol. The van der Waals surface area contributed by atoms with Crippen LogP contribution in [0.25, 0.3) is 0 Å². The lowest BCUT2D eigenvalue weighted by molar-refractivity contribution is -0.0578. The van der Waals surface area contributed by atoms with E-state index in [0.717, 1.165) is 0 Å². The molecule has 0 radical (unpaired) electrons. The lowest BCUT2D eigenvalue weighted by atomic mass is 10.1. The fraction of sp³-hybridized carbons (Fsp3) is 0.364. The molecule has 0 N–H and O–H groups in total. The maximum Gasteiger partial charge on any atom is 0.434 e. The SMILES string of the molecule is CS(C)(C)N=C(c1ccccc1)C(F)(F)F. The number of alkyl halides is 3. The smallest absolute Gasteiger partial charge is 0.233 e. The van der Waals surface area contributed by atoms with E-state index in [9.17, 15) is 13.2 Å². The van der Waals surface area contributed by atoms with Crippen molar-refractivity contribution in [3.63, 3.8) is 0 Å². The van der Waals surface area contributed by atoms with Crippen molar-refractivity contribution in [2.24, 2.45) is 4.40 Å². The van der Waals surface area contributed by atoms with Crippen LogP contribution in [0.1, 0.15) is 5.56 Å². The minimum Gasteiger partial charge on any atom is -0.233 e. The van der Waals surface area contributed by atoms with Gasteiger partial charge in [-0.1, -0.05) is 30.3 Å². The zero-order valence-electron chi connectivity index (χ0n) is 9.38. The van der Waals surface area contributed by atoms with Crippen LogP contribution in [0, 0.1) is 0 Å². The molecule has 0 aliphatic heterocycles. The summed E-state index contributed by atoms with van der Waals surface area (Å²) in [5.74, 6) is 0. The predicted molar refractivity (Wildman–Crippen MR) is 64.4 cm³/mol. The van der Waals surface area contributed by atoms with E-state index >= 15 is 0 Å². The fourth-order valence-corrected chi connectivity index (χ4v) is 1.89. The van der Waals surface area contributed by atoms with Crippen molar-refractivity contribution >= 4 is 15.9 Å². The van der Waals surface area contributed by atoms with Crippen LogP contribution in [-0.4, -0.2) is 30.7 Å². The molecule has 90 valence electrons. The van der Waals surface area contributed by atoms with Crippen molar-refractivity contribution in [3.05, 3.63) is 35.9 Å². The number of nitrogens with zero attached hydrogens (tertiary/aromatic N) is 1. The molecule has 1 rings (SSSR count). The first kappa shape index (κ1) is 13.1. The lowest BCUT2D eigenvalue weighted by Gasteiger charge is -2.22. The first-order valence-corrected chi connectivity index (χ1v) is 7.42. The van der Waals surface area contributed by atoms with Crippen molar-refractivity contribution in [2.75, 3.05) is 18.8 Å². The molecule has 0 saturated heterocycles. The van der Waals surface area contributed by atoms with Crippen LogP contribution in [0.3, 0.4) is 0 Å². The molecule has 0 heterocycles. The van der Waals surface area contributed by atoms with Gasteiger partial charge < -0.3 is 0 Å². The number of halogens is 3. The zero-order chi connectivity index (χ0) is 12.4. The van der Waals surface area contributed by atoms with Gasteiger partial charge in [-0.05, 0) is 18.8 Å². The van der Waals surface area contributed by atoms with E-state index < -0.39 is 22.1 Å². The summed E-state index contributed by atoms with van der Waals surface area (Å²) in [5, 5.41) is 0. The first-order valence-electron chi connectivity index (χ1n) is 4.61. The van der Waals surface area contributed by atoms with Crippen LogP contribution >= 0.6 is 10.2 Å². The molecule has 1 aromatic rings. The van der Waals surface area contributed by atoms with Crippen molar-refractivity contribution < 1.29 is 13.2 Å². The molecule has 0 aromatic heterocycles. The Labute approximate surface area is 94.8 Å². The van der Waals surface area contributed by atoms with Gasteiger partial charge in [-0.2, -0.15) is 23.4 Å². The number of benzene rings is 1. The van der Waals surface area contributed by atoms with Crippen LogP contribution in [-0.2, 0) is 0 Å². The zero-order valence-corrected chi connectivity index (χ0v) is 10.2. The minimum absolute atomic E-state index is 0.123. The standard InChI is InChI=1S/C11H14F3NS/c1-16(2,3)15-10(11(12,13)14)9-7-5-4-6-8-9/h4-8H,1-3H3. The molecule has 16 heavy (non-hydrogen) atoms. The molecule has 0 bridgehead atoms. The van der Waals surface area contributed by atoms with E-state index in [-0.39, 0.29) is 5.56 Å². The van der Waals surface area contributed by atoms with Crippen LogP contribution in [0.4, 0.5) is 13.2 Å². The highest BCUT2D eigenvalue weighted by Gasteiger charge is 2.37. The molecule has 0 aliphatic carbocycles. The molecule has 5 heteroatoms. The van der Waals surface area contributed by atoms with Gasteiger partial charge in [-0.15, -0.1) is 0 Å². The van der Waals surface area contributed by atoms with Crippen molar-refractivity contribution in [2.45, 2.75) is 6.18 Å². The normalized spacial score (nSPS) is 15.0. The van der Waals surface area contributed by atoms with Crippen LogP contribution in [0.15, 0.2) is 34.7 Å². The van der Waals surface area contributed by atoms with Crippen molar-refractivity contribution in [1.82, 2.24) is 0 Å². The van der Waals surface area contributed by atoms with E-state index in [1.54, 1.807) is 37.0 Å². The Morgan fingerprint density at radius 2 is 1.56 bits per heavy atom. The molecule has 0 unspecified atom stereocenters. The van der Waals surface area contributed by atoms with Gasteiger partial charge in [0, 0.05) is 5.56 Å². The summed E-state index contributed by atoms with van der Waals surface area (Å²) < 4.78 is 42.3. The Morgan fingerprint density at radius 1 is 1.06 bits per heavy atom. The molecule has 0 spiro atoms. The second-order valence-corrected chi connectivity index (χ2v) is 7.80. The molecule has 1 nitrogen and oxygen atoms in total. The Kier molecular flexibility index (Phi) is 3.68. The maximum atomic E-state index is 12.8. The number of hydrogen-bond donors (Lipinski definition) is 0. The van der Waals surface area contributed by atoms with E-state index in [2.05, 4.69) is 4.40 Å². The molecule has 0 aliphatic rings. The third-order valence-corrected chi connectivity index (χ3v) is 2.41. The van der Waals surface area contributed by atoms with E-state index in [0.29, 0.717) is 0 Å². The van der Waals surface area contributed by atoms with Gasteiger partial charge >= 0.3 is 6.18 Å². The van der Waals surface area contributed by atoms with Gasteiger partial charge in [0.15, 0.2) is 5.71 Å². The topological polar surface area (TPSA) is 12.4 Å². The van der Waals surface area contributed by atoms with Crippen LogP contribution in [0.5, 0.6) is 0 Å². The highest BCUT2D eigenvalue weighted by Crippen LogP contribution is 2.39. The summed E-state index contributed by atoms with van der Waals surface area (Å²) >= 11 is 0.